The molecule has 1 aliphatic heterocycles. The van der Waals surface area contributed by atoms with Crippen molar-refractivity contribution >= 4 is 17.8 Å². The lowest BCUT2D eigenvalue weighted by atomic mass is 9.78. The Hall–Kier alpha value is -1.39. The minimum Gasteiger partial charge on any atom is -0.481 e. The number of nitrogens with zero attached hydrogens (tertiary/aromatic N) is 1. The van der Waals surface area contributed by atoms with E-state index in [1.54, 1.807) is 0 Å². The molecule has 5 heteroatoms. The quantitative estimate of drug-likeness (QED) is 0.749. The minimum atomic E-state index is -0.849. The van der Waals surface area contributed by atoms with E-state index in [0.29, 0.717) is 12.8 Å². The Bertz CT molecular complexity index is 391. The average molecular weight is 269 g/mol. The number of carboxylic acids is 1. The van der Waals surface area contributed by atoms with E-state index in [1.807, 2.05) is 27.7 Å². The van der Waals surface area contributed by atoms with Crippen LogP contribution in [0.5, 0.6) is 0 Å². The third-order valence-corrected chi connectivity index (χ3v) is 4.22. The van der Waals surface area contributed by atoms with E-state index < -0.39 is 11.4 Å². The van der Waals surface area contributed by atoms with Crippen LogP contribution in [0.2, 0.25) is 0 Å². The number of carbonyl (C=O) groups is 3. The van der Waals surface area contributed by atoms with Crippen LogP contribution in [-0.4, -0.2) is 33.8 Å². The van der Waals surface area contributed by atoms with Gasteiger partial charge in [-0.15, -0.1) is 0 Å². The normalized spacial score (nSPS) is 25.2. The number of likely N-dealkylation sites (tertiary alicyclic amines) is 1. The van der Waals surface area contributed by atoms with Crippen molar-refractivity contribution in [2.45, 2.75) is 59.4 Å². The van der Waals surface area contributed by atoms with Gasteiger partial charge in [0.15, 0.2) is 0 Å². The average Bonchev–Trinajstić information content (AvgIpc) is 2.50. The number of amides is 2. The first-order valence-corrected chi connectivity index (χ1v) is 6.78. The van der Waals surface area contributed by atoms with Crippen molar-refractivity contribution in [2.75, 3.05) is 0 Å². The Morgan fingerprint density at radius 3 is 2.37 bits per heavy atom. The lowest BCUT2D eigenvalue weighted by molar-refractivity contribution is -0.144. The van der Waals surface area contributed by atoms with Gasteiger partial charge in [-0.1, -0.05) is 13.8 Å². The van der Waals surface area contributed by atoms with E-state index >= 15 is 0 Å². The highest BCUT2D eigenvalue weighted by Crippen LogP contribution is 2.40. The van der Waals surface area contributed by atoms with Gasteiger partial charge in [-0.25, -0.2) is 0 Å². The molecule has 2 atom stereocenters. The first-order valence-electron chi connectivity index (χ1n) is 6.78. The van der Waals surface area contributed by atoms with Gasteiger partial charge in [0.1, 0.15) is 0 Å². The number of carbonyl (C=O) groups excluding carboxylic acids is 2. The molecule has 0 aromatic carbocycles. The molecule has 0 bridgehead atoms. The molecule has 2 unspecified atom stereocenters. The summed E-state index contributed by atoms with van der Waals surface area (Å²) in [6.07, 6.45) is 1.35. The molecule has 2 amide bonds. The summed E-state index contributed by atoms with van der Waals surface area (Å²) in [5, 5.41) is 8.60. The van der Waals surface area contributed by atoms with E-state index in [2.05, 4.69) is 0 Å². The summed E-state index contributed by atoms with van der Waals surface area (Å²) in [4.78, 5) is 36.2. The van der Waals surface area contributed by atoms with E-state index in [4.69, 9.17) is 5.11 Å². The third-order valence-electron chi connectivity index (χ3n) is 4.22. The van der Waals surface area contributed by atoms with Crippen molar-refractivity contribution in [3.05, 3.63) is 0 Å². The van der Waals surface area contributed by atoms with Gasteiger partial charge in [-0.2, -0.15) is 0 Å². The molecule has 108 valence electrons. The maximum atomic E-state index is 12.4. The Morgan fingerprint density at radius 2 is 1.95 bits per heavy atom. The largest absolute Gasteiger partial charge is 0.481 e. The fourth-order valence-electron chi connectivity index (χ4n) is 2.44. The SMILES string of the molecule is CC(CCCC(=O)O)N1C(=O)CC(C)(C(C)C)C1=O. The predicted octanol–water partition coefficient (Wildman–Crippen LogP) is 2.05. The van der Waals surface area contributed by atoms with Crippen LogP contribution >= 0.6 is 0 Å². The fraction of sp³-hybridized carbons (Fsp3) is 0.786. The number of hydrogen-bond donors (Lipinski definition) is 1. The minimum absolute atomic E-state index is 0.0714. The second kappa shape index (κ2) is 5.72. The van der Waals surface area contributed by atoms with E-state index in [9.17, 15) is 14.4 Å². The number of imide groups is 1. The van der Waals surface area contributed by atoms with Gasteiger partial charge in [-0.3, -0.25) is 19.3 Å². The monoisotopic (exact) mass is 269 g/mol. The summed E-state index contributed by atoms with van der Waals surface area (Å²) in [7, 11) is 0. The van der Waals surface area contributed by atoms with Crippen molar-refractivity contribution in [3.63, 3.8) is 0 Å². The lowest BCUT2D eigenvalue weighted by Gasteiger charge is -2.28. The van der Waals surface area contributed by atoms with Gasteiger partial charge < -0.3 is 5.11 Å². The van der Waals surface area contributed by atoms with Crippen LogP contribution in [0, 0.1) is 11.3 Å². The van der Waals surface area contributed by atoms with E-state index in [1.165, 1.54) is 4.90 Å². The van der Waals surface area contributed by atoms with E-state index in [-0.39, 0.29) is 36.6 Å². The van der Waals surface area contributed by atoms with Crippen molar-refractivity contribution in [3.8, 4) is 0 Å². The van der Waals surface area contributed by atoms with Crippen LogP contribution in [0.4, 0.5) is 0 Å². The van der Waals surface area contributed by atoms with Crippen LogP contribution < -0.4 is 0 Å². The molecular weight excluding hydrogens is 246 g/mol. The third kappa shape index (κ3) is 3.14. The topological polar surface area (TPSA) is 74.7 Å². The highest BCUT2D eigenvalue weighted by Gasteiger charge is 2.51. The van der Waals surface area contributed by atoms with Gasteiger partial charge >= 0.3 is 5.97 Å². The molecule has 1 fully saturated rings. The summed E-state index contributed by atoms with van der Waals surface area (Å²) >= 11 is 0. The molecule has 19 heavy (non-hydrogen) atoms. The van der Waals surface area contributed by atoms with Crippen molar-refractivity contribution in [2.24, 2.45) is 11.3 Å². The van der Waals surface area contributed by atoms with Crippen LogP contribution in [0.25, 0.3) is 0 Å². The Morgan fingerprint density at radius 1 is 1.37 bits per heavy atom. The fourth-order valence-corrected chi connectivity index (χ4v) is 2.44. The Balaban J connectivity index is 2.70. The zero-order valence-corrected chi connectivity index (χ0v) is 12.1. The molecule has 0 aromatic heterocycles. The molecule has 5 nitrogen and oxygen atoms in total. The standard InChI is InChI=1S/C14H23NO4/c1-9(2)14(4)8-11(16)15(13(14)19)10(3)6-5-7-12(17)18/h9-10H,5-8H2,1-4H3,(H,17,18). The summed E-state index contributed by atoms with van der Waals surface area (Å²) < 4.78 is 0. The highest BCUT2D eigenvalue weighted by atomic mass is 16.4. The number of hydrogen-bond acceptors (Lipinski definition) is 3. The van der Waals surface area contributed by atoms with Crippen LogP contribution in [0.15, 0.2) is 0 Å². The lowest BCUT2D eigenvalue weighted by Crippen LogP contribution is -2.42. The molecule has 1 rings (SSSR count). The summed E-state index contributed by atoms with van der Waals surface area (Å²) in [6, 6.07) is -0.222. The summed E-state index contributed by atoms with van der Waals surface area (Å²) in [5.41, 5.74) is -0.613. The zero-order chi connectivity index (χ0) is 14.8. The van der Waals surface area contributed by atoms with Gasteiger partial charge in [0, 0.05) is 18.9 Å². The van der Waals surface area contributed by atoms with Crippen molar-refractivity contribution in [1.82, 2.24) is 4.90 Å². The van der Waals surface area contributed by atoms with Crippen molar-refractivity contribution < 1.29 is 19.5 Å². The predicted molar refractivity (Wildman–Crippen MR) is 70.4 cm³/mol. The van der Waals surface area contributed by atoms with Gasteiger partial charge in [0.25, 0.3) is 0 Å². The van der Waals surface area contributed by atoms with Gasteiger partial charge in [0.05, 0.1) is 5.41 Å². The molecule has 0 aliphatic carbocycles. The molecule has 0 radical (unpaired) electrons. The number of rotatable bonds is 6. The first-order chi connectivity index (χ1) is 8.70. The molecule has 1 saturated heterocycles. The second-order valence-corrected chi connectivity index (χ2v) is 5.95. The highest BCUT2D eigenvalue weighted by molar-refractivity contribution is 6.06. The zero-order valence-electron chi connectivity index (χ0n) is 12.1. The molecule has 1 aliphatic rings. The van der Waals surface area contributed by atoms with Crippen molar-refractivity contribution in [1.29, 1.82) is 0 Å². The number of aliphatic carboxylic acids is 1. The van der Waals surface area contributed by atoms with Crippen LogP contribution in [-0.2, 0) is 14.4 Å². The summed E-state index contributed by atoms with van der Waals surface area (Å²) in [5.74, 6) is -0.988. The van der Waals surface area contributed by atoms with Gasteiger partial charge in [-0.05, 0) is 32.6 Å². The second-order valence-electron chi connectivity index (χ2n) is 5.95. The molecular formula is C14H23NO4. The molecule has 0 saturated carbocycles. The maximum absolute atomic E-state index is 12.4. The van der Waals surface area contributed by atoms with Crippen LogP contribution in [0.1, 0.15) is 53.4 Å². The molecule has 0 aromatic rings. The van der Waals surface area contributed by atoms with Gasteiger partial charge in [0.2, 0.25) is 11.8 Å². The Kier molecular flexibility index (Phi) is 4.71. The summed E-state index contributed by atoms with van der Waals surface area (Å²) in [6.45, 7) is 7.54. The molecule has 0 spiro atoms. The maximum Gasteiger partial charge on any atom is 0.303 e. The van der Waals surface area contributed by atoms with Crippen LogP contribution in [0.3, 0.4) is 0 Å². The molecule has 1 heterocycles. The first kappa shape index (κ1) is 15.7. The van der Waals surface area contributed by atoms with E-state index in [0.717, 1.165) is 0 Å². The number of carboxylic acid groups (broad SMARTS) is 1. The Labute approximate surface area is 114 Å². The smallest absolute Gasteiger partial charge is 0.303 e. The molecule has 1 N–H and O–H groups in total.